The molecule has 1 unspecified atom stereocenters. The van der Waals surface area contributed by atoms with Crippen molar-refractivity contribution in [3.63, 3.8) is 0 Å². The van der Waals surface area contributed by atoms with Crippen LogP contribution in [-0.2, 0) is 0 Å². The van der Waals surface area contributed by atoms with Gasteiger partial charge >= 0.3 is 0 Å². The van der Waals surface area contributed by atoms with Gasteiger partial charge in [-0.15, -0.1) is 0 Å². The van der Waals surface area contributed by atoms with Crippen LogP contribution in [0.1, 0.15) is 22.7 Å². The maximum atomic E-state index is 6.21. The number of aryl methyl sites for hydroxylation is 1. The van der Waals surface area contributed by atoms with Gasteiger partial charge in [0.15, 0.2) is 0 Å². The van der Waals surface area contributed by atoms with E-state index in [1.54, 1.807) is 18.2 Å². The Balaban J connectivity index is 2.47. The Morgan fingerprint density at radius 1 is 0.889 bits per heavy atom. The van der Waals surface area contributed by atoms with Crippen LogP contribution in [0.2, 0.25) is 15.1 Å². The smallest absolute Gasteiger partial charge is 0.0581 e. The van der Waals surface area contributed by atoms with Gasteiger partial charge in [0.1, 0.15) is 0 Å². The molecule has 2 aromatic carbocycles. The van der Waals surface area contributed by atoms with Crippen LogP contribution in [0, 0.1) is 6.92 Å². The van der Waals surface area contributed by atoms with Gasteiger partial charge in [-0.25, -0.2) is 0 Å². The van der Waals surface area contributed by atoms with Crippen molar-refractivity contribution in [1.29, 1.82) is 0 Å². The molecule has 0 aliphatic carbocycles. The third-order valence-electron chi connectivity index (χ3n) is 2.78. The zero-order chi connectivity index (χ0) is 13.3. The second kappa shape index (κ2) is 5.50. The van der Waals surface area contributed by atoms with Crippen LogP contribution in [0.15, 0.2) is 36.4 Å². The normalized spacial score (nSPS) is 12.5. The van der Waals surface area contributed by atoms with Crippen molar-refractivity contribution in [3.05, 3.63) is 68.2 Å². The molecule has 0 amide bonds. The second-order valence-corrected chi connectivity index (χ2v) is 5.42. The fraction of sp³-hybridized carbons (Fsp3) is 0.143. The van der Waals surface area contributed by atoms with Gasteiger partial charge in [-0.05, 0) is 47.9 Å². The van der Waals surface area contributed by atoms with Gasteiger partial charge in [0.25, 0.3) is 0 Å². The van der Waals surface area contributed by atoms with Crippen molar-refractivity contribution >= 4 is 34.8 Å². The fourth-order valence-electron chi connectivity index (χ4n) is 1.80. The number of hydrogen-bond acceptors (Lipinski definition) is 1. The van der Waals surface area contributed by atoms with Gasteiger partial charge in [0.2, 0.25) is 0 Å². The molecule has 0 saturated carbocycles. The quantitative estimate of drug-likeness (QED) is 0.829. The Morgan fingerprint density at radius 3 is 2.28 bits per heavy atom. The molecular formula is C14H12Cl3N. The highest BCUT2D eigenvalue weighted by Crippen LogP contribution is 2.32. The molecule has 0 spiro atoms. The van der Waals surface area contributed by atoms with E-state index in [9.17, 15) is 0 Å². The molecule has 0 aromatic heterocycles. The number of nitrogens with two attached hydrogens (primary N) is 1. The van der Waals surface area contributed by atoms with E-state index in [0.29, 0.717) is 15.1 Å². The first-order chi connectivity index (χ1) is 8.49. The first-order valence-corrected chi connectivity index (χ1v) is 6.59. The van der Waals surface area contributed by atoms with Gasteiger partial charge in [0, 0.05) is 15.1 Å². The van der Waals surface area contributed by atoms with E-state index in [2.05, 4.69) is 0 Å². The highest BCUT2D eigenvalue weighted by Gasteiger charge is 2.15. The maximum absolute atomic E-state index is 6.21. The Labute approximate surface area is 121 Å². The summed E-state index contributed by atoms with van der Waals surface area (Å²) < 4.78 is 0. The summed E-state index contributed by atoms with van der Waals surface area (Å²) >= 11 is 18.3. The molecule has 0 bridgehead atoms. The molecule has 0 aliphatic heterocycles. The van der Waals surface area contributed by atoms with Gasteiger partial charge in [-0.2, -0.15) is 0 Å². The van der Waals surface area contributed by atoms with Crippen molar-refractivity contribution < 1.29 is 0 Å². The van der Waals surface area contributed by atoms with E-state index < -0.39 is 0 Å². The molecule has 1 atom stereocenters. The topological polar surface area (TPSA) is 26.0 Å². The SMILES string of the molecule is Cc1ccc(C(N)c2cc(Cl)ccc2Cl)c(Cl)c1. The first kappa shape index (κ1) is 13.7. The third kappa shape index (κ3) is 2.81. The van der Waals surface area contributed by atoms with E-state index in [1.165, 1.54) is 0 Å². The van der Waals surface area contributed by atoms with Gasteiger partial charge in [-0.3, -0.25) is 0 Å². The fourth-order valence-corrected chi connectivity index (χ4v) is 2.57. The molecule has 18 heavy (non-hydrogen) atoms. The summed E-state index contributed by atoms with van der Waals surface area (Å²) in [6, 6.07) is 10.6. The minimum absolute atomic E-state index is 0.385. The third-order valence-corrected chi connectivity index (χ3v) is 3.69. The average molecular weight is 301 g/mol. The lowest BCUT2D eigenvalue weighted by Crippen LogP contribution is -2.13. The van der Waals surface area contributed by atoms with Crippen LogP contribution in [0.5, 0.6) is 0 Å². The molecule has 4 heteroatoms. The van der Waals surface area contributed by atoms with Crippen LogP contribution in [0.25, 0.3) is 0 Å². The lowest BCUT2D eigenvalue weighted by atomic mass is 9.98. The van der Waals surface area contributed by atoms with Crippen molar-refractivity contribution in [1.82, 2.24) is 0 Å². The Bertz CT molecular complexity index is 581. The summed E-state index contributed by atoms with van der Waals surface area (Å²) in [4.78, 5) is 0. The van der Waals surface area contributed by atoms with Gasteiger partial charge in [0.05, 0.1) is 6.04 Å². The number of halogens is 3. The molecule has 0 fully saturated rings. The molecule has 0 radical (unpaired) electrons. The Morgan fingerprint density at radius 2 is 1.61 bits per heavy atom. The van der Waals surface area contributed by atoms with E-state index in [1.807, 2.05) is 25.1 Å². The summed E-state index contributed by atoms with van der Waals surface area (Å²) in [5, 5.41) is 1.83. The molecule has 1 nitrogen and oxygen atoms in total. The van der Waals surface area contributed by atoms with Gasteiger partial charge < -0.3 is 5.73 Å². The monoisotopic (exact) mass is 299 g/mol. The molecule has 0 saturated heterocycles. The predicted molar refractivity (Wildman–Crippen MR) is 78.7 cm³/mol. The van der Waals surface area contributed by atoms with Crippen LogP contribution in [-0.4, -0.2) is 0 Å². The zero-order valence-electron chi connectivity index (χ0n) is 9.75. The van der Waals surface area contributed by atoms with Crippen LogP contribution < -0.4 is 5.73 Å². The Hall–Kier alpha value is -0.730. The van der Waals surface area contributed by atoms with Gasteiger partial charge in [-0.1, -0.05) is 46.9 Å². The van der Waals surface area contributed by atoms with Crippen LogP contribution in [0.3, 0.4) is 0 Å². The number of benzene rings is 2. The molecule has 2 N–H and O–H groups in total. The minimum atomic E-state index is -0.385. The predicted octanol–water partition coefficient (Wildman–Crippen LogP) is 5.00. The van der Waals surface area contributed by atoms with E-state index in [-0.39, 0.29) is 6.04 Å². The lowest BCUT2D eigenvalue weighted by Gasteiger charge is -2.16. The van der Waals surface area contributed by atoms with Crippen molar-refractivity contribution in [3.8, 4) is 0 Å². The van der Waals surface area contributed by atoms with E-state index in [4.69, 9.17) is 40.5 Å². The second-order valence-electron chi connectivity index (χ2n) is 4.17. The summed E-state index contributed by atoms with van der Waals surface area (Å²) in [7, 11) is 0. The summed E-state index contributed by atoms with van der Waals surface area (Å²) in [5.74, 6) is 0. The van der Waals surface area contributed by atoms with E-state index >= 15 is 0 Å². The number of hydrogen-bond donors (Lipinski definition) is 1. The largest absolute Gasteiger partial charge is 0.320 e. The van der Waals surface area contributed by atoms with Crippen LogP contribution >= 0.6 is 34.8 Å². The molecule has 0 heterocycles. The maximum Gasteiger partial charge on any atom is 0.0581 e. The molecular weight excluding hydrogens is 289 g/mol. The average Bonchev–Trinajstić information content (AvgIpc) is 2.31. The summed E-state index contributed by atoms with van der Waals surface area (Å²) in [6.45, 7) is 1.98. The summed E-state index contributed by atoms with van der Waals surface area (Å²) in [6.07, 6.45) is 0. The van der Waals surface area contributed by atoms with Crippen LogP contribution in [0.4, 0.5) is 0 Å². The van der Waals surface area contributed by atoms with E-state index in [0.717, 1.165) is 16.7 Å². The van der Waals surface area contributed by atoms with Crippen molar-refractivity contribution in [2.75, 3.05) is 0 Å². The van der Waals surface area contributed by atoms with Crippen molar-refractivity contribution in [2.45, 2.75) is 13.0 Å². The first-order valence-electron chi connectivity index (χ1n) is 5.45. The highest BCUT2D eigenvalue weighted by molar-refractivity contribution is 6.34. The number of rotatable bonds is 2. The summed E-state index contributed by atoms with van der Waals surface area (Å²) in [5.41, 5.74) is 8.91. The standard InChI is InChI=1S/C14H12Cl3N/c1-8-2-4-10(13(17)6-8)14(18)11-7-9(15)3-5-12(11)16/h2-7,14H,18H2,1H3. The molecule has 0 aliphatic rings. The minimum Gasteiger partial charge on any atom is -0.320 e. The lowest BCUT2D eigenvalue weighted by molar-refractivity contribution is 0.871. The molecule has 94 valence electrons. The Kier molecular flexibility index (Phi) is 4.18. The van der Waals surface area contributed by atoms with Crippen molar-refractivity contribution in [2.24, 2.45) is 5.73 Å². The highest BCUT2D eigenvalue weighted by atomic mass is 35.5. The molecule has 2 aromatic rings. The molecule has 2 rings (SSSR count). The zero-order valence-corrected chi connectivity index (χ0v) is 12.0.